The van der Waals surface area contributed by atoms with Gasteiger partial charge in [-0.3, -0.25) is 4.79 Å². The summed E-state index contributed by atoms with van der Waals surface area (Å²) < 4.78 is 0. The third-order valence-electron chi connectivity index (χ3n) is 2.35. The highest BCUT2D eigenvalue weighted by Crippen LogP contribution is 2.08. The van der Waals surface area contributed by atoms with Gasteiger partial charge in [0.05, 0.1) is 0 Å². The Bertz CT molecular complexity index is 143. The van der Waals surface area contributed by atoms with Crippen LogP contribution in [0.1, 0.15) is 64.7 Å². The number of rotatable bonds is 10. The van der Waals surface area contributed by atoms with Crippen molar-refractivity contribution < 1.29 is 4.79 Å². The van der Waals surface area contributed by atoms with Gasteiger partial charge in [-0.2, -0.15) is 0 Å². The predicted octanol–water partition coefficient (Wildman–Crippen LogP) is 3.74. The highest BCUT2D eigenvalue weighted by Gasteiger charge is 1.90. The highest BCUT2D eigenvalue weighted by atomic mass is 16.1. The Balaban J connectivity index is 2.91. The first-order valence-corrected chi connectivity index (χ1v) is 5.87. The molecule has 0 spiro atoms. The van der Waals surface area contributed by atoms with Crippen molar-refractivity contribution in [2.24, 2.45) is 4.99 Å². The van der Waals surface area contributed by atoms with Gasteiger partial charge >= 0.3 is 0 Å². The lowest BCUT2D eigenvalue weighted by atomic mass is 10.1. The van der Waals surface area contributed by atoms with E-state index < -0.39 is 0 Å². The molecule has 0 heterocycles. The van der Waals surface area contributed by atoms with Gasteiger partial charge in [0.1, 0.15) is 0 Å². The van der Waals surface area contributed by atoms with E-state index in [9.17, 15) is 4.79 Å². The standard InChI is InChI=1S/C12H23NO/c1-2-3-4-5-6-7-8-9-10-11-13-12-14/h11-12H,2-10H2,1H3. The van der Waals surface area contributed by atoms with Gasteiger partial charge in [-0.25, -0.2) is 4.99 Å². The van der Waals surface area contributed by atoms with Crippen molar-refractivity contribution in [3.8, 4) is 0 Å². The minimum Gasteiger partial charge on any atom is -0.276 e. The van der Waals surface area contributed by atoms with Crippen molar-refractivity contribution >= 4 is 12.6 Å². The Morgan fingerprint density at radius 3 is 2.07 bits per heavy atom. The first-order valence-electron chi connectivity index (χ1n) is 5.87. The van der Waals surface area contributed by atoms with Crippen molar-refractivity contribution in [2.75, 3.05) is 0 Å². The first-order chi connectivity index (χ1) is 6.91. The van der Waals surface area contributed by atoms with Gasteiger partial charge in [0.15, 0.2) is 0 Å². The maximum atomic E-state index is 9.84. The Hall–Kier alpha value is -0.660. The minimum atomic E-state index is 0.602. The van der Waals surface area contributed by atoms with Crippen molar-refractivity contribution in [1.29, 1.82) is 0 Å². The fourth-order valence-electron chi connectivity index (χ4n) is 1.49. The smallest absolute Gasteiger partial charge is 0.232 e. The average molecular weight is 197 g/mol. The topological polar surface area (TPSA) is 29.4 Å². The molecule has 0 fully saturated rings. The number of nitrogens with zero attached hydrogens (tertiary/aromatic N) is 1. The molecule has 0 aliphatic carbocycles. The Labute approximate surface area is 87.8 Å². The van der Waals surface area contributed by atoms with Crippen LogP contribution in [0.4, 0.5) is 0 Å². The Morgan fingerprint density at radius 2 is 1.50 bits per heavy atom. The van der Waals surface area contributed by atoms with E-state index in [-0.39, 0.29) is 0 Å². The molecule has 0 aromatic heterocycles. The normalized spacial score (nSPS) is 10.9. The third kappa shape index (κ3) is 11.3. The van der Waals surface area contributed by atoms with Gasteiger partial charge in [0.2, 0.25) is 6.41 Å². The van der Waals surface area contributed by atoms with E-state index in [0.717, 1.165) is 6.42 Å². The van der Waals surface area contributed by atoms with E-state index in [1.807, 2.05) is 0 Å². The molecule has 0 aliphatic rings. The van der Waals surface area contributed by atoms with Crippen LogP contribution in [0.15, 0.2) is 4.99 Å². The van der Waals surface area contributed by atoms with Crippen LogP contribution in [0.5, 0.6) is 0 Å². The van der Waals surface area contributed by atoms with Gasteiger partial charge in [0, 0.05) is 6.21 Å². The van der Waals surface area contributed by atoms with Crippen LogP contribution in [0, 0.1) is 0 Å². The molecule has 2 heteroatoms. The number of hydrogen-bond donors (Lipinski definition) is 0. The number of aliphatic imine (C=N–C) groups is 1. The summed E-state index contributed by atoms with van der Waals surface area (Å²) in [6, 6.07) is 0. The second kappa shape index (κ2) is 12.3. The van der Waals surface area contributed by atoms with Crippen LogP contribution in [0.3, 0.4) is 0 Å². The van der Waals surface area contributed by atoms with Crippen LogP contribution in [-0.4, -0.2) is 12.6 Å². The summed E-state index contributed by atoms with van der Waals surface area (Å²) in [5.41, 5.74) is 0. The van der Waals surface area contributed by atoms with Crippen LogP contribution in [-0.2, 0) is 4.79 Å². The largest absolute Gasteiger partial charge is 0.276 e. The van der Waals surface area contributed by atoms with Crippen molar-refractivity contribution in [2.45, 2.75) is 64.7 Å². The number of unbranched alkanes of at least 4 members (excludes halogenated alkanes) is 8. The Kier molecular flexibility index (Phi) is 11.8. The van der Waals surface area contributed by atoms with E-state index in [1.54, 1.807) is 6.21 Å². The summed E-state index contributed by atoms with van der Waals surface area (Å²) in [4.78, 5) is 13.4. The monoisotopic (exact) mass is 197 g/mol. The number of carbonyl (C=O) groups is 1. The zero-order chi connectivity index (χ0) is 10.5. The van der Waals surface area contributed by atoms with Crippen molar-refractivity contribution in [1.82, 2.24) is 0 Å². The molecule has 0 saturated heterocycles. The lowest BCUT2D eigenvalue weighted by Gasteiger charge is -1.99. The summed E-state index contributed by atoms with van der Waals surface area (Å²) in [5, 5.41) is 0. The molecule has 1 amide bonds. The zero-order valence-electron chi connectivity index (χ0n) is 9.37. The number of amides is 1. The van der Waals surface area contributed by atoms with E-state index in [2.05, 4.69) is 11.9 Å². The molecule has 2 nitrogen and oxygen atoms in total. The third-order valence-corrected chi connectivity index (χ3v) is 2.35. The van der Waals surface area contributed by atoms with Crippen LogP contribution in [0.2, 0.25) is 0 Å². The lowest BCUT2D eigenvalue weighted by molar-refractivity contribution is -0.106. The average Bonchev–Trinajstić information content (AvgIpc) is 2.21. The molecule has 0 N–H and O–H groups in total. The number of carbonyl (C=O) groups excluding carboxylic acids is 1. The molecule has 0 saturated carbocycles. The number of hydrogen-bond acceptors (Lipinski definition) is 1. The maximum absolute atomic E-state index is 9.84. The molecular weight excluding hydrogens is 174 g/mol. The van der Waals surface area contributed by atoms with Crippen LogP contribution < -0.4 is 0 Å². The molecule has 0 rings (SSSR count). The molecule has 0 radical (unpaired) electrons. The summed E-state index contributed by atoms with van der Waals surface area (Å²) in [6.45, 7) is 2.24. The van der Waals surface area contributed by atoms with E-state index in [0.29, 0.717) is 6.41 Å². The van der Waals surface area contributed by atoms with Crippen molar-refractivity contribution in [3.63, 3.8) is 0 Å². The summed E-state index contributed by atoms with van der Waals surface area (Å²) in [5.74, 6) is 0. The molecule has 0 unspecified atom stereocenters. The highest BCUT2D eigenvalue weighted by molar-refractivity contribution is 5.68. The van der Waals surface area contributed by atoms with E-state index in [4.69, 9.17) is 0 Å². The van der Waals surface area contributed by atoms with E-state index in [1.165, 1.54) is 51.4 Å². The summed E-state index contributed by atoms with van der Waals surface area (Å²) in [6.07, 6.45) is 13.9. The van der Waals surface area contributed by atoms with E-state index >= 15 is 0 Å². The van der Waals surface area contributed by atoms with Gasteiger partial charge < -0.3 is 0 Å². The van der Waals surface area contributed by atoms with Crippen molar-refractivity contribution in [3.05, 3.63) is 0 Å². The zero-order valence-corrected chi connectivity index (χ0v) is 9.37. The SMILES string of the molecule is CCCCCCCCCCC=NC=O. The predicted molar refractivity (Wildman–Crippen MR) is 61.8 cm³/mol. The van der Waals surface area contributed by atoms with Crippen LogP contribution >= 0.6 is 0 Å². The fraction of sp³-hybridized carbons (Fsp3) is 0.833. The first kappa shape index (κ1) is 13.3. The molecule has 0 aromatic rings. The minimum absolute atomic E-state index is 0.602. The molecule has 0 bridgehead atoms. The fourth-order valence-corrected chi connectivity index (χ4v) is 1.49. The van der Waals surface area contributed by atoms with Gasteiger partial charge in [-0.05, 0) is 12.8 Å². The molecular formula is C12H23NO. The molecule has 14 heavy (non-hydrogen) atoms. The quantitative estimate of drug-likeness (QED) is 0.298. The van der Waals surface area contributed by atoms with Gasteiger partial charge in [-0.15, -0.1) is 0 Å². The molecule has 0 atom stereocenters. The van der Waals surface area contributed by atoms with Gasteiger partial charge in [0.25, 0.3) is 0 Å². The summed E-state index contributed by atoms with van der Waals surface area (Å²) >= 11 is 0. The molecule has 0 aliphatic heterocycles. The molecule has 82 valence electrons. The second-order valence-corrected chi connectivity index (χ2v) is 3.70. The lowest BCUT2D eigenvalue weighted by Crippen LogP contribution is -1.82. The molecule has 0 aromatic carbocycles. The maximum Gasteiger partial charge on any atom is 0.232 e. The Morgan fingerprint density at radius 1 is 0.929 bits per heavy atom. The second-order valence-electron chi connectivity index (χ2n) is 3.70. The van der Waals surface area contributed by atoms with Gasteiger partial charge in [-0.1, -0.05) is 51.9 Å². The summed E-state index contributed by atoms with van der Waals surface area (Å²) in [7, 11) is 0. The van der Waals surface area contributed by atoms with Crippen LogP contribution in [0.25, 0.3) is 0 Å².